The molecule has 1 amide bonds. The third-order valence-electron chi connectivity index (χ3n) is 3.95. The van der Waals surface area contributed by atoms with Crippen LogP contribution in [-0.4, -0.2) is 42.4 Å². The molecule has 1 saturated carbocycles. The van der Waals surface area contributed by atoms with Gasteiger partial charge < -0.3 is 10.6 Å². The van der Waals surface area contributed by atoms with Crippen molar-refractivity contribution in [3.05, 3.63) is 0 Å². The van der Waals surface area contributed by atoms with Crippen molar-refractivity contribution in [3.8, 4) is 0 Å². The Labute approximate surface area is 109 Å². The molecule has 0 saturated heterocycles. The predicted octanol–water partition coefficient (Wildman–Crippen LogP) is 1.96. The third kappa shape index (κ3) is 4.18. The van der Waals surface area contributed by atoms with Gasteiger partial charge in [-0.25, -0.2) is 0 Å². The van der Waals surface area contributed by atoms with E-state index in [4.69, 9.17) is 5.73 Å². The van der Waals surface area contributed by atoms with E-state index in [0.29, 0.717) is 17.9 Å². The van der Waals surface area contributed by atoms with Crippen molar-refractivity contribution in [1.82, 2.24) is 4.90 Å². The van der Waals surface area contributed by atoms with Crippen LogP contribution < -0.4 is 5.73 Å². The summed E-state index contributed by atoms with van der Waals surface area (Å²) in [6.07, 6.45) is 6.38. The number of nitrogens with two attached hydrogens (primary N) is 1. The van der Waals surface area contributed by atoms with Crippen LogP contribution in [0.3, 0.4) is 0 Å². The van der Waals surface area contributed by atoms with Crippen LogP contribution in [-0.2, 0) is 4.79 Å². The number of thioether (sulfide) groups is 1. The largest absolute Gasteiger partial charge is 0.342 e. The second-order valence-corrected chi connectivity index (χ2v) is 6.12. The number of carbonyl (C=O) groups is 1. The van der Waals surface area contributed by atoms with Gasteiger partial charge >= 0.3 is 0 Å². The minimum Gasteiger partial charge on any atom is -0.342 e. The maximum absolute atomic E-state index is 12.3. The van der Waals surface area contributed by atoms with Gasteiger partial charge in [0.25, 0.3) is 0 Å². The molecule has 17 heavy (non-hydrogen) atoms. The standard InChI is InChI=1S/C13H26N2OS/c1-10(9-17-3)15(2)13(16)12-6-4-11(8-14)5-7-12/h10-12H,4-9,14H2,1-3H3. The average molecular weight is 258 g/mol. The fraction of sp³-hybridized carbons (Fsp3) is 0.923. The van der Waals surface area contributed by atoms with Crippen molar-refractivity contribution >= 4 is 17.7 Å². The quantitative estimate of drug-likeness (QED) is 0.820. The van der Waals surface area contributed by atoms with Gasteiger partial charge in [-0.05, 0) is 51.3 Å². The smallest absolute Gasteiger partial charge is 0.225 e. The highest BCUT2D eigenvalue weighted by Crippen LogP contribution is 2.29. The molecule has 4 heteroatoms. The van der Waals surface area contributed by atoms with Crippen LogP contribution in [0.15, 0.2) is 0 Å². The lowest BCUT2D eigenvalue weighted by molar-refractivity contribution is -0.136. The number of amides is 1. The minimum atomic E-state index is 0.243. The lowest BCUT2D eigenvalue weighted by Crippen LogP contribution is -2.41. The fourth-order valence-corrected chi connectivity index (χ4v) is 3.21. The molecule has 0 spiro atoms. The van der Waals surface area contributed by atoms with Crippen LogP contribution in [0, 0.1) is 11.8 Å². The molecule has 1 rings (SSSR count). The van der Waals surface area contributed by atoms with E-state index in [1.807, 2.05) is 11.9 Å². The van der Waals surface area contributed by atoms with Gasteiger partial charge in [-0.3, -0.25) is 4.79 Å². The lowest BCUT2D eigenvalue weighted by Gasteiger charge is -2.32. The highest BCUT2D eigenvalue weighted by atomic mass is 32.2. The number of nitrogens with zero attached hydrogens (tertiary/aromatic N) is 1. The summed E-state index contributed by atoms with van der Waals surface area (Å²) in [5.74, 6) is 2.24. The summed E-state index contributed by atoms with van der Waals surface area (Å²) in [7, 11) is 1.94. The Kier molecular flexibility index (Phi) is 6.34. The zero-order valence-electron chi connectivity index (χ0n) is 11.3. The van der Waals surface area contributed by atoms with Crippen LogP contribution in [0.5, 0.6) is 0 Å². The molecule has 0 aliphatic heterocycles. The molecule has 100 valence electrons. The van der Waals surface area contributed by atoms with E-state index >= 15 is 0 Å². The van der Waals surface area contributed by atoms with E-state index in [2.05, 4.69) is 13.2 Å². The van der Waals surface area contributed by atoms with Crippen molar-refractivity contribution in [2.75, 3.05) is 25.6 Å². The van der Waals surface area contributed by atoms with E-state index in [9.17, 15) is 4.79 Å². The lowest BCUT2D eigenvalue weighted by atomic mass is 9.81. The summed E-state index contributed by atoms with van der Waals surface area (Å²) in [5, 5.41) is 0. The second kappa shape index (κ2) is 7.27. The summed E-state index contributed by atoms with van der Waals surface area (Å²) in [5.41, 5.74) is 5.67. The summed E-state index contributed by atoms with van der Waals surface area (Å²) < 4.78 is 0. The molecule has 0 bridgehead atoms. The number of rotatable bonds is 5. The Balaban J connectivity index is 2.42. The number of hydrogen-bond donors (Lipinski definition) is 1. The van der Waals surface area contributed by atoms with Crippen molar-refractivity contribution in [2.24, 2.45) is 17.6 Å². The summed E-state index contributed by atoms with van der Waals surface area (Å²) >= 11 is 1.80. The molecule has 0 heterocycles. The zero-order chi connectivity index (χ0) is 12.8. The highest BCUT2D eigenvalue weighted by Gasteiger charge is 2.29. The van der Waals surface area contributed by atoms with Gasteiger partial charge in [0.05, 0.1) is 0 Å². The fourth-order valence-electron chi connectivity index (χ4n) is 2.50. The molecule has 3 nitrogen and oxygen atoms in total. The van der Waals surface area contributed by atoms with Crippen LogP contribution in [0.25, 0.3) is 0 Å². The summed E-state index contributed by atoms with van der Waals surface area (Å²) in [4.78, 5) is 14.2. The third-order valence-corrected chi connectivity index (χ3v) is 4.76. The van der Waals surface area contributed by atoms with Gasteiger partial charge in [0, 0.05) is 24.8 Å². The maximum atomic E-state index is 12.3. The van der Waals surface area contributed by atoms with Crippen LogP contribution in [0.4, 0.5) is 0 Å². The topological polar surface area (TPSA) is 46.3 Å². The van der Waals surface area contributed by atoms with Gasteiger partial charge in [-0.15, -0.1) is 0 Å². The van der Waals surface area contributed by atoms with E-state index in [0.717, 1.165) is 38.0 Å². The first-order valence-corrected chi connectivity index (χ1v) is 7.95. The molecule has 2 N–H and O–H groups in total. The Bertz CT molecular complexity index is 240. The molecule has 1 fully saturated rings. The van der Waals surface area contributed by atoms with Gasteiger partial charge in [-0.2, -0.15) is 11.8 Å². The van der Waals surface area contributed by atoms with Crippen LogP contribution in [0.2, 0.25) is 0 Å². The maximum Gasteiger partial charge on any atom is 0.225 e. The van der Waals surface area contributed by atoms with Gasteiger partial charge in [0.2, 0.25) is 5.91 Å². The Morgan fingerprint density at radius 2 is 2.00 bits per heavy atom. The molecular formula is C13H26N2OS. The van der Waals surface area contributed by atoms with Crippen molar-refractivity contribution in [3.63, 3.8) is 0 Å². The van der Waals surface area contributed by atoms with Gasteiger partial charge in [0.1, 0.15) is 0 Å². The SMILES string of the molecule is CSCC(C)N(C)C(=O)C1CCC(CN)CC1. The molecule has 1 aliphatic carbocycles. The average Bonchev–Trinajstić information content (AvgIpc) is 2.37. The van der Waals surface area contributed by atoms with Crippen LogP contribution >= 0.6 is 11.8 Å². The molecule has 0 aromatic carbocycles. The first-order valence-electron chi connectivity index (χ1n) is 6.55. The molecule has 1 atom stereocenters. The second-order valence-electron chi connectivity index (χ2n) is 5.21. The molecule has 1 unspecified atom stereocenters. The van der Waals surface area contributed by atoms with E-state index in [1.54, 1.807) is 11.8 Å². The molecule has 1 aliphatic rings. The van der Waals surface area contributed by atoms with E-state index in [-0.39, 0.29) is 5.92 Å². The first-order chi connectivity index (χ1) is 8.10. The van der Waals surface area contributed by atoms with Crippen molar-refractivity contribution in [2.45, 2.75) is 38.6 Å². The molecule has 0 aromatic rings. The number of hydrogen-bond acceptors (Lipinski definition) is 3. The minimum absolute atomic E-state index is 0.243. The monoisotopic (exact) mass is 258 g/mol. The first kappa shape index (κ1) is 14.8. The molecular weight excluding hydrogens is 232 g/mol. The predicted molar refractivity (Wildman–Crippen MR) is 75.1 cm³/mol. The highest BCUT2D eigenvalue weighted by molar-refractivity contribution is 7.98. The number of carbonyl (C=O) groups excluding carboxylic acids is 1. The van der Waals surface area contributed by atoms with Crippen LogP contribution in [0.1, 0.15) is 32.6 Å². The summed E-state index contributed by atoms with van der Waals surface area (Å²) in [6.45, 7) is 2.90. The zero-order valence-corrected chi connectivity index (χ0v) is 12.1. The van der Waals surface area contributed by atoms with E-state index < -0.39 is 0 Å². The normalized spacial score (nSPS) is 26.6. The Hall–Kier alpha value is -0.220. The van der Waals surface area contributed by atoms with Crippen molar-refractivity contribution < 1.29 is 4.79 Å². The molecule has 0 aromatic heterocycles. The van der Waals surface area contributed by atoms with Gasteiger partial charge in [0.15, 0.2) is 0 Å². The summed E-state index contributed by atoms with van der Waals surface area (Å²) in [6, 6.07) is 0.338. The van der Waals surface area contributed by atoms with Crippen molar-refractivity contribution in [1.29, 1.82) is 0 Å². The van der Waals surface area contributed by atoms with E-state index in [1.165, 1.54) is 0 Å². The van der Waals surface area contributed by atoms with Gasteiger partial charge in [-0.1, -0.05) is 0 Å². The Morgan fingerprint density at radius 1 is 1.41 bits per heavy atom. The Morgan fingerprint density at radius 3 is 2.47 bits per heavy atom. The molecule has 0 radical (unpaired) electrons.